The smallest absolute Gasteiger partial charge is 0.105 e. The second-order valence-electron chi connectivity index (χ2n) is 10.5. The molecule has 27 heavy (non-hydrogen) atoms. The highest BCUT2D eigenvalue weighted by Crippen LogP contribution is 2.56. The standard InChI is InChI=1S/C11H23ClO2.C11H22O.CH4/c1-8(2)9(10(3,4)5)11(14,6-12)7-13;1-8(2)10(9(3)4)11(7-12)5-6-11;/h8-9,13-14H,6-7H2,1-5H3;8-10,12H,5-7H2,1-4H3;1H4. The molecule has 0 bridgehead atoms. The van der Waals surface area contributed by atoms with Crippen LogP contribution < -0.4 is 0 Å². The van der Waals surface area contributed by atoms with Gasteiger partial charge in [-0.3, -0.25) is 0 Å². The minimum absolute atomic E-state index is 0. The summed E-state index contributed by atoms with van der Waals surface area (Å²) in [5.74, 6) is 2.47. The molecule has 1 aliphatic rings. The molecule has 0 aromatic heterocycles. The van der Waals surface area contributed by atoms with Gasteiger partial charge in [0.2, 0.25) is 0 Å². The van der Waals surface area contributed by atoms with Crippen LogP contribution >= 0.6 is 11.6 Å². The molecule has 0 aromatic carbocycles. The molecule has 0 saturated heterocycles. The monoisotopic (exact) mass is 408 g/mol. The third-order valence-electron chi connectivity index (χ3n) is 6.03. The topological polar surface area (TPSA) is 60.7 Å². The lowest BCUT2D eigenvalue weighted by atomic mass is 9.66. The van der Waals surface area contributed by atoms with E-state index in [1.165, 1.54) is 12.8 Å². The van der Waals surface area contributed by atoms with Crippen molar-refractivity contribution in [2.45, 2.75) is 88.2 Å². The van der Waals surface area contributed by atoms with Crippen LogP contribution in [-0.4, -0.2) is 40.0 Å². The van der Waals surface area contributed by atoms with Crippen LogP contribution in [0.3, 0.4) is 0 Å². The van der Waals surface area contributed by atoms with E-state index >= 15 is 0 Å². The summed E-state index contributed by atoms with van der Waals surface area (Å²) in [5.41, 5.74) is -0.934. The Kier molecular flexibility index (Phi) is 12.4. The number of halogens is 1. The molecule has 166 valence electrons. The molecule has 0 aliphatic heterocycles. The molecule has 0 amide bonds. The zero-order valence-electron chi connectivity index (χ0n) is 18.6. The number of alkyl halides is 1. The largest absolute Gasteiger partial charge is 0.396 e. The summed E-state index contributed by atoms with van der Waals surface area (Å²) in [6, 6.07) is 0. The summed E-state index contributed by atoms with van der Waals surface area (Å²) in [6.07, 6.45) is 2.48. The van der Waals surface area contributed by atoms with Crippen LogP contribution in [0.1, 0.15) is 82.6 Å². The Balaban J connectivity index is 0. The van der Waals surface area contributed by atoms with Gasteiger partial charge < -0.3 is 15.3 Å². The van der Waals surface area contributed by atoms with Crippen LogP contribution in [0, 0.1) is 40.4 Å². The molecule has 0 aromatic rings. The van der Waals surface area contributed by atoms with Gasteiger partial charge in [0.1, 0.15) is 5.60 Å². The Hall–Kier alpha value is 0.170. The summed E-state index contributed by atoms with van der Waals surface area (Å²) < 4.78 is 0. The van der Waals surface area contributed by atoms with E-state index in [-0.39, 0.29) is 37.2 Å². The molecule has 2 atom stereocenters. The minimum atomic E-state index is -1.17. The molecule has 4 heteroatoms. The van der Waals surface area contributed by atoms with Gasteiger partial charge in [0.05, 0.1) is 12.5 Å². The van der Waals surface area contributed by atoms with Gasteiger partial charge in [-0.25, -0.2) is 0 Å². The summed E-state index contributed by atoms with van der Waals surface area (Å²) in [6.45, 7) is 19.5. The maximum absolute atomic E-state index is 10.2. The van der Waals surface area contributed by atoms with E-state index in [1.807, 2.05) is 13.8 Å². The van der Waals surface area contributed by atoms with Gasteiger partial charge in [-0.15, -0.1) is 11.6 Å². The highest BCUT2D eigenvalue weighted by Gasteiger charge is 2.50. The quantitative estimate of drug-likeness (QED) is 0.458. The average molecular weight is 409 g/mol. The van der Waals surface area contributed by atoms with Crippen LogP contribution in [0.25, 0.3) is 0 Å². The SMILES string of the molecule is C.CC(C)C(C(C)(C)C)C(O)(CO)CCl.CC(C)C(C(C)C)C1(CO)CC1. The first kappa shape index (κ1) is 29.4. The second-order valence-corrected chi connectivity index (χ2v) is 10.8. The molecular weight excluding hydrogens is 360 g/mol. The highest BCUT2D eigenvalue weighted by molar-refractivity contribution is 6.18. The van der Waals surface area contributed by atoms with Crippen molar-refractivity contribution in [3.8, 4) is 0 Å². The Labute approximate surface area is 174 Å². The van der Waals surface area contributed by atoms with E-state index in [9.17, 15) is 15.3 Å². The summed E-state index contributed by atoms with van der Waals surface area (Å²) >= 11 is 5.74. The predicted molar refractivity (Wildman–Crippen MR) is 119 cm³/mol. The van der Waals surface area contributed by atoms with Gasteiger partial charge in [-0.05, 0) is 53.3 Å². The molecular formula is C23H49ClO3. The van der Waals surface area contributed by atoms with Gasteiger partial charge in [0, 0.05) is 6.61 Å². The van der Waals surface area contributed by atoms with E-state index in [0.29, 0.717) is 29.8 Å². The molecule has 1 fully saturated rings. The number of aliphatic hydroxyl groups is 3. The van der Waals surface area contributed by atoms with Crippen molar-refractivity contribution in [2.24, 2.45) is 40.4 Å². The summed E-state index contributed by atoms with van der Waals surface area (Å²) in [7, 11) is 0. The van der Waals surface area contributed by atoms with Crippen molar-refractivity contribution in [2.75, 3.05) is 19.1 Å². The van der Waals surface area contributed by atoms with Gasteiger partial charge in [-0.1, -0.05) is 69.7 Å². The van der Waals surface area contributed by atoms with Crippen LogP contribution in [0.4, 0.5) is 0 Å². The maximum atomic E-state index is 10.2. The van der Waals surface area contributed by atoms with E-state index in [0.717, 1.165) is 0 Å². The Morgan fingerprint density at radius 1 is 0.889 bits per heavy atom. The Bertz CT molecular complexity index is 383. The third-order valence-corrected chi connectivity index (χ3v) is 6.50. The molecule has 0 spiro atoms. The van der Waals surface area contributed by atoms with Crippen LogP contribution in [0.2, 0.25) is 0 Å². The van der Waals surface area contributed by atoms with Crippen molar-refractivity contribution in [3.63, 3.8) is 0 Å². The first-order valence-electron chi connectivity index (χ1n) is 10.2. The average Bonchev–Trinajstić information content (AvgIpc) is 3.25. The minimum Gasteiger partial charge on any atom is -0.396 e. The summed E-state index contributed by atoms with van der Waals surface area (Å²) in [4.78, 5) is 0. The molecule has 1 saturated carbocycles. The molecule has 0 radical (unpaired) electrons. The lowest BCUT2D eigenvalue weighted by molar-refractivity contribution is -0.0973. The third kappa shape index (κ3) is 7.84. The number of hydrogen-bond donors (Lipinski definition) is 3. The second kappa shape index (κ2) is 11.4. The molecule has 3 N–H and O–H groups in total. The van der Waals surface area contributed by atoms with Gasteiger partial charge in [0.15, 0.2) is 0 Å². The molecule has 3 nitrogen and oxygen atoms in total. The molecule has 2 unspecified atom stereocenters. The van der Waals surface area contributed by atoms with Crippen LogP contribution in [0.5, 0.6) is 0 Å². The van der Waals surface area contributed by atoms with Crippen molar-refractivity contribution in [1.82, 2.24) is 0 Å². The van der Waals surface area contributed by atoms with Crippen molar-refractivity contribution >= 4 is 11.6 Å². The van der Waals surface area contributed by atoms with Crippen molar-refractivity contribution in [3.05, 3.63) is 0 Å². The predicted octanol–water partition coefficient (Wildman–Crippen LogP) is 5.59. The lowest BCUT2D eigenvalue weighted by Gasteiger charge is -2.44. The highest BCUT2D eigenvalue weighted by atomic mass is 35.5. The van der Waals surface area contributed by atoms with Crippen molar-refractivity contribution in [1.29, 1.82) is 0 Å². The van der Waals surface area contributed by atoms with E-state index in [2.05, 4.69) is 48.5 Å². The molecule has 1 aliphatic carbocycles. The van der Waals surface area contributed by atoms with Crippen molar-refractivity contribution < 1.29 is 15.3 Å². The van der Waals surface area contributed by atoms with E-state index in [4.69, 9.17) is 11.6 Å². The Morgan fingerprint density at radius 2 is 1.30 bits per heavy atom. The Morgan fingerprint density at radius 3 is 1.37 bits per heavy atom. The van der Waals surface area contributed by atoms with E-state index in [1.54, 1.807) is 0 Å². The fraction of sp³-hybridized carbons (Fsp3) is 1.00. The maximum Gasteiger partial charge on any atom is 0.105 e. The van der Waals surface area contributed by atoms with Crippen LogP contribution in [0.15, 0.2) is 0 Å². The van der Waals surface area contributed by atoms with Crippen LogP contribution in [-0.2, 0) is 0 Å². The van der Waals surface area contributed by atoms with E-state index < -0.39 is 5.60 Å². The fourth-order valence-electron chi connectivity index (χ4n) is 5.59. The number of hydrogen-bond acceptors (Lipinski definition) is 3. The first-order chi connectivity index (χ1) is 11.7. The number of rotatable bonds is 8. The van der Waals surface area contributed by atoms with Gasteiger partial charge in [-0.2, -0.15) is 0 Å². The number of aliphatic hydroxyl groups excluding tert-OH is 2. The zero-order chi connectivity index (χ0) is 20.9. The van der Waals surface area contributed by atoms with Gasteiger partial charge >= 0.3 is 0 Å². The normalized spacial score (nSPS) is 19.4. The zero-order valence-corrected chi connectivity index (χ0v) is 19.4. The molecule has 1 rings (SSSR count). The fourth-order valence-corrected chi connectivity index (χ4v) is 5.84. The summed E-state index contributed by atoms with van der Waals surface area (Å²) in [5, 5.41) is 28.8. The molecule has 0 heterocycles. The van der Waals surface area contributed by atoms with Gasteiger partial charge in [0.25, 0.3) is 0 Å². The first-order valence-corrected chi connectivity index (χ1v) is 10.8. The lowest BCUT2D eigenvalue weighted by Crippen LogP contribution is -2.51.